The summed E-state index contributed by atoms with van der Waals surface area (Å²) in [5.74, 6) is 0.961. The second kappa shape index (κ2) is 6.18. The molecular formula is C18H21N3O. The van der Waals surface area contributed by atoms with Crippen LogP contribution < -0.4 is 10.2 Å². The maximum Gasteiger partial charge on any atom is 0.224 e. The number of carbonyl (C=O) groups excluding carboxylic acids is 1. The summed E-state index contributed by atoms with van der Waals surface area (Å²) in [7, 11) is 0. The average Bonchev–Trinajstić information content (AvgIpc) is 2.84. The zero-order chi connectivity index (χ0) is 15.5. The minimum Gasteiger partial charge on any atom is -0.325 e. The van der Waals surface area contributed by atoms with E-state index >= 15 is 0 Å². The largest absolute Gasteiger partial charge is 0.325 e. The quantitative estimate of drug-likeness (QED) is 0.930. The smallest absolute Gasteiger partial charge is 0.224 e. The summed E-state index contributed by atoms with van der Waals surface area (Å²) in [6.45, 7) is 4.20. The number of amides is 1. The highest BCUT2D eigenvalue weighted by Gasteiger charge is 2.27. The van der Waals surface area contributed by atoms with Crippen molar-refractivity contribution in [2.24, 2.45) is 0 Å². The van der Waals surface area contributed by atoms with Crippen molar-refractivity contribution < 1.29 is 4.79 Å². The lowest BCUT2D eigenvalue weighted by Gasteiger charge is -2.24. The predicted molar refractivity (Wildman–Crippen MR) is 89.5 cm³/mol. The van der Waals surface area contributed by atoms with Crippen LogP contribution in [0.4, 0.5) is 17.2 Å². The molecule has 0 radical (unpaired) electrons. The molecule has 4 heteroatoms. The summed E-state index contributed by atoms with van der Waals surface area (Å²) in [6.07, 6.45) is 4.15. The van der Waals surface area contributed by atoms with Gasteiger partial charge in [0, 0.05) is 18.2 Å². The van der Waals surface area contributed by atoms with Crippen molar-refractivity contribution in [1.29, 1.82) is 0 Å². The van der Waals surface area contributed by atoms with Gasteiger partial charge in [0.2, 0.25) is 5.91 Å². The van der Waals surface area contributed by atoms with E-state index in [1.165, 1.54) is 11.3 Å². The number of nitrogens with zero attached hydrogens (tertiary/aromatic N) is 2. The van der Waals surface area contributed by atoms with Gasteiger partial charge in [0.25, 0.3) is 0 Å². The molecule has 114 valence electrons. The molecule has 1 aromatic heterocycles. The molecule has 0 saturated heterocycles. The fourth-order valence-corrected chi connectivity index (χ4v) is 2.97. The van der Waals surface area contributed by atoms with Crippen molar-refractivity contribution >= 4 is 23.1 Å². The van der Waals surface area contributed by atoms with Crippen LogP contribution >= 0.6 is 0 Å². The molecule has 3 rings (SSSR count). The van der Waals surface area contributed by atoms with E-state index in [0.717, 1.165) is 24.3 Å². The topological polar surface area (TPSA) is 45.2 Å². The molecule has 0 fully saturated rings. The van der Waals surface area contributed by atoms with Crippen LogP contribution in [0.2, 0.25) is 0 Å². The van der Waals surface area contributed by atoms with Gasteiger partial charge in [-0.05, 0) is 43.5 Å². The van der Waals surface area contributed by atoms with Gasteiger partial charge in [0.05, 0.1) is 11.9 Å². The van der Waals surface area contributed by atoms with Crippen LogP contribution in [0.25, 0.3) is 0 Å². The van der Waals surface area contributed by atoms with Crippen molar-refractivity contribution in [3.05, 3.63) is 48.2 Å². The highest BCUT2D eigenvalue weighted by molar-refractivity contribution is 5.90. The summed E-state index contributed by atoms with van der Waals surface area (Å²) >= 11 is 0. The number of pyridine rings is 1. The zero-order valence-corrected chi connectivity index (χ0v) is 13.0. The lowest BCUT2D eigenvalue weighted by molar-refractivity contribution is -0.116. The Kier molecular flexibility index (Phi) is 4.09. The normalized spacial score (nSPS) is 16.5. The first-order chi connectivity index (χ1) is 10.7. The molecule has 1 aromatic carbocycles. The molecule has 22 heavy (non-hydrogen) atoms. The van der Waals surface area contributed by atoms with E-state index in [2.05, 4.69) is 46.4 Å². The zero-order valence-electron chi connectivity index (χ0n) is 13.0. The molecule has 0 spiro atoms. The molecule has 1 aliphatic heterocycles. The number of hydrogen-bond acceptors (Lipinski definition) is 3. The number of nitrogens with one attached hydrogen (secondary N) is 1. The number of fused-ring (bicyclic) bond motifs is 1. The molecule has 2 aromatic rings. The molecule has 0 saturated carbocycles. The first-order valence-corrected chi connectivity index (χ1v) is 7.82. The second-order valence-electron chi connectivity index (χ2n) is 5.76. The van der Waals surface area contributed by atoms with E-state index in [4.69, 9.17) is 0 Å². The van der Waals surface area contributed by atoms with Gasteiger partial charge < -0.3 is 10.2 Å². The third-order valence-corrected chi connectivity index (χ3v) is 3.96. The SMILES string of the molecule is CCCC(=O)Nc1ccc(N2c3ccccc3CC2C)nc1. The van der Waals surface area contributed by atoms with Gasteiger partial charge >= 0.3 is 0 Å². The number of benzene rings is 1. The number of hydrogen-bond donors (Lipinski definition) is 1. The number of anilines is 3. The molecule has 0 bridgehead atoms. The third kappa shape index (κ3) is 2.82. The van der Waals surface area contributed by atoms with Gasteiger partial charge in [-0.3, -0.25) is 4.79 Å². The van der Waals surface area contributed by atoms with Crippen molar-refractivity contribution in [3.63, 3.8) is 0 Å². The van der Waals surface area contributed by atoms with Crippen LogP contribution in [0.1, 0.15) is 32.3 Å². The van der Waals surface area contributed by atoms with Gasteiger partial charge in [0.15, 0.2) is 0 Å². The van der Waals surface area contributed by atoms with E-state index in [-0.39, 0.29) is 5.91 Å². The maximum atomic E-state index is 11.6. The predicted octanol–water partition coefficient (Wildman–Crippen LogP) is 3.90. The summed E-state index contributed by atoms with van der Waals surface area (Å²) in [5.41, 5.74) is 3.34. The minimum atomic E-state index is 0.0388. The Balaban J connectivity index is 1.80. The molecule has 1 atom stereocenters. The lowest BCUT2D eigenvalue weighted by Crippen LogP contribution is -2.24. The first kappa shape index (κ1) is 14.6. The van der Waals surface area contributed by atoms with E-state index in [9.17, 15) is 4.79 Å². The van der Waals surface area contributed by atoms with Crippen LogP contribution in [-0.4, -0.2) is 16.9 Å². The van der Waals surface area contributed by atoms with Crippen LogP contribution in [-0.2, 0) is 11.2 Å². The van der Waals surface area contributed by atoms with E-state index in [1.54, 1.807) is 6.20 Å². The molecule has 1 amide bonds. The number of carbonyl (C=O) groups is 1. The van der Waals surface area contributed by atoms with Crippen molar-refractivity contribution in [1.82, 2.24) is 4.98 Å². The monoisotopic (exact) mass is 295 g/mol. The van der Waals surface area contributed by atoms with E-state index in [1.807, 2.05) is 19.1 Å². The molecule has 1 N–H and O–H groups in total. The van der Waals surface area contributed by atoms with Crippen LogP contribution in [0.3, 0.4) is 0 Å². The van der Waals surface area contributed by atoms with Crippen LogP contribution in [0.15, 0.2) is 42.6 Å². The van der Waals surface area contributed by atoms with Gasteiger partial charge in [0.1, 0.15) is 5.82 Å². The summed E-state index contributed by atoms with van der Waals surface area (Å²) in [5, 5.41) is 2.87. The molecule has 2 heterocycles. The van der Waals surface area contributed by atoms with Gasteiger partial charge in [-0.15, -0.1) is 0 Å². The van der Waals surface area contributed by atoms with Crippen LogP contribution in [0.5, 0.6) is 0 Å². The van der Waals surface area contributed by atoms with Crippen molar-refractivity contribution in [3.8, 4) is 0 Å². The Morgan fingerprint density at radius 2 is 2.14 bits per heavy atom. The van der Waals surface area contributed by atoms with Gasteiger partial charge in [-0.25, -0.2) is 4.98 Å². The molecule has 1 unspecified atom stereocenters. The number of para-hydroxylation sites is 1. The minimum absolute atomic E-state index is 0.0388. The highest BCUT2D eigenvalue weighted by atomic mass is 16.1. The highest BCUT2D eigenvalue weighted by Crippen LogP contribution is 2.37. The van der Waals surface area contributed by atoms with Gasteiger partial charge in [-0.1, -0.05) is 25.1 Å². The maximum absolute atomic E-state index is 11.6. The average molecular weight is 295 g/mol. The summed E-state index contributed by atoms with van der Waals surface area (Å²) < 4.78 is 0. The Labute approximate surface area is 131 Å². The Morgan fingerprint density at radius 3 is 2.86 bits per heavy atom. The standard InChI is InChI=1S/C18H21N3O/c1-3-6-18(22)20-15-9-10-17(19-12-15)21-13(2)11-14-7-4-5-8-16(14)21/h4-5,7-10,12-13H,3,6,11H2,1-2H3,(H,20,22). The van der Waals surface area contributed by atoms with E-state index in [0.29, 0.717) is 12.5 Å². The van der Waals surface area contributed by atoms with Gasteiger partial charge in [-0.2, -0.15) is 0 Å². The molecular weight excluding hydrogens is 274 g/mol. The molecule has 1 aliphatic rings. The summed E-state index contributed by atoms with van der Waals surface area (Å²) in [4.78, 5) is 18.4. The Hall–Kier alpha value is -2.36. The Morgan fingerprint density at radius 1 is 1.32 bits per heavy atom. The van der Waals surface area contributed by atoms with Crippen LogP contribution in [0, 0.1) is 0 Å². The van der Waals surface area contributed by atoms with Crippen molar-refractivity contribution in [2.45, 2.75) is 39.2 Å². The summed E-state index contributed by atoms with van der Waals surface area (Å²) in [6, 6.07) is 12.7. The van der Waals surface area contributed by atoms with Crippen molar-refractivity contribution in [2.75, 3.05) is 10.2 Å². The fourth-order valence-electron chi connectivity index (χ4n) is 2.97. The third-order valence-electron chi connectivity index (χ3n) is 3.96. The number of aromatic nitrogens is 1. The Bertz CT molecular complexity index is 666. The number of rotatable bonds is 4. The molecule has 0 aliphatic carbocycles. The lowest BCUT2D eigenvalue weighted by atomic mass is 10.1. The van der Waals surface area contributed by atoms with E-state index < -0.39 is 0 Å². The first-order valence-electron chi connectivity index (χ1n) is 7.82. The fraction of sp³-hybridized carbons (Fsp3) is 0.333. The molecule has 4 nitrogen and oxygen atoms in total. The second-order valence-corrected chi connectivity index (χ2v) is 5.76.